The SMILES string of the molecule is CCCCOc1ccc2c(c1)Oc1c(Cl)c3c(c(Cl)c1=N2)Oc1cc(OCCCC)ccc1N=3. The van der Waals surface area contributed by atoms with Gasteiger partial charge in [-0.05, 0) is 37.1 Å². The standard InChI is InChI=1S/C26H24Cl2N2O4/c1-3-5-11-31-15-7-9-17-19(13-15)33-25-21(27)24-26(22(28)23(25)29-17)34-20-14-16(32-12-6-4-2)8-10-18(20)30-24/h7-10,13-14H,3-6,11-12H2,1-2H3. The summed E-state index contributed by atoms with van der Waals surface area (Å²) in [5, 5.41) is 1.39. The summed E-state index contributed by atoms with van der Waals surface area (Å²) >= 11 is 13.5. The molecule has 0 N–H and O–H groups in total. The summed E-state index contributed by atoms with van der Waals surface area (Å²) in [5.74, 6) is 3.21. The molecule has 0 radical (unpaired) electrons. The maximum absolute atomic E-state index is 6.73. The third kappa shape index (κ3) is 4.28. The van der Waals surface area contributed by atoms with E-state index >= 15 is 0 Å². The van der Waals surface area contributed by atoms with Crippen LogP contribution in [0.3, 0.4) is 0 Å². The molecule has 0 spiro atoms. The second-order valence-electron chi connectivity index (χ2n) is 8.07. The lowest BCUT2D eigenvalue weighted by molar-refractivity contribution is 0.307. The Hall–Kier alpha value is -2.96. The lowest BCUT2D eigenvalue weighted by Gasteiger charge is -2.21. The topological polar surface area (TPSA) is 61.6 Å². The fourth-order valence-corrected chi connectivity index (χ4v) is 4.17. The number of unbranched alkanes of at least 4 members (excludes halogenated alkanes) is 2. The highest BCUT2D eigenvalue weighted by atomic mass is 35.5. The van der Waals surface area contributed by atoms with Gasteiger partial charge in [-0.15, -0.1) is 0 Å². The first kappa shape index (κ1) is 22.8. The van der Waals surface area contributed by atoms with Crippen molar-refractivity contribution in [3.8, 4) is 34.5 Å². The van der Waals surface area contributed by atoms with Gasteiger partial charge in [0.25, 0.3) is 0 Å². The van der Waals surface area contributed by atoms with Gasteiger partial charge in [0, 0.05) is 12.1 Å². The van der Waals surface area contributed by atoms with Crippen molar-refractivity contribution in [2.45, 2.75) is 39.5 Å². The van der Waals surface area contributed by atoms with Gasteiger partial charge >= 0.3 is 0 Å². The van der Waals surface area contributed by atoms with Crippen LogP contribution in [0.15, 0.2) is 46.4 Å². The van der Waals surface area contributed by atoms with E-state index < -0.39 is 0 Å². The summed E-state index contributed by atoms with van der Waals surface area (Å²) in [6.07, 6.45) is 4.08. The molecule has 2 heterocycles. The summed E-state index contributed by atoms with van der Waals surface area (Å²) in [6, 6.07) is 11.0. The Morgan fingerprint density at radius 2 is 1.15 bits per heavy atom. The Labute approximate surface area is 207 Å². The Morgan fingerprint density at radius 1 is 0.706 bits per heavy atom. The van der Waals surface area contributed by atoms with Crippen LogP contribution in [0.25, 0.3) is 0 Å². The molecule has 176 valence electrons. The van der Waals surface area contributed by atoms with Gasteiger partial charge in [0.05, 0.1) is 13.2 Å². The third-order valence-electron chi connectivity index (χ3n) is 5.53. The van der Waals surface area contributed by atoms with Crippen molar-refractivity contribution >= 4 is 34.6 Å². The predicted molar refractivity (Wildman–Crippen MR) is 132 cm³/mol. The number of nitrogens with zero attached hydrogens (tertiary/aromatic N) is 2. The van der Waals surface area contributed by atoms with Crippen molar-refractivity contribution in [2.75, 3.05) is 13.2 Å². The maximum atomic E-state index is 6.73. The molecule has 0 aliphatic carbocycles. The molecule has 0 saturated carbocycles. The van der Waals surface area contributed by atoms with Crippen LogP contribution in [0.5, 0.6) is 34.5 Å². The monoisotopic (exact) mass is 498 g/mol. The van der Waals surface area contributed by atoms with Crippen molar-refractivity contribution in [2.24, 2.45) is 9.98 Å². The Bertz CT molecular complexity index is 1270. The third-order valence-corrected chi connectivity index (χ3v) is 6.23. The van der Waals surface area contributed by atoms with Crippen molar-refractivity contribution in [3.63, 3.8) is 0 Å². The second kappa shape index (κ2) is 9.72. The quantitative estimate of drug-likeness (QED) is 0.208. The number of hydrogen-bond acceptors (Lipinski definition) is 6. The molecule has 0 aromatic heterocycles. The zero-order chi connectivity index (χ0) is 23.7. The van der Waals surface area contributed by atoms with Crippen LogP contribution in [0.1, 0.15) is 39.5 Å². The zero-order valence-electron chi connectivity index (χ0n) is 19.0. The van der Waals surface area contributed by atoms with Gasteiger partial charge in [-0.1, -0.05) is 49.9 Å². The molecule has 2 aliphatic heterocycles. The fourth-order valence-electron chi connectivity index (χ4n) is 3.65. The molecule has 34 heavy (non-hydrogen) atoms. The highest BCUT2D eigenvalue weighted by Gasteiger charge is 2.27. The predicted octanol–water partition coefficient (Wildman–Crippen LogP) is 7.47. The Morgan fingerprint density at radius 3 is 1.56 bits per heavy atom. The van der Waals surface area contributed by atoms with Crippen LogP contribution in [0, 0.1) is 0 Å². The first-order valence-corrected chi connectivity index (χ1v) is 12.2. The molecular formula is C26H24Cl2N2O4. The van der Waals surface area contributed by atoms with Gasteiger partial charge in [0.1, 0.15) is 43.6 Å². The number of halogens is 2. The van der Waals surface area contributed by atoms with E-state index in [0.29, 0.717) is 69.8 Å². The van der Waals surface area contributed by atoms with Crippen molar-refractivity contribution in [1.29, 1.82) is 0 Å². The number of hydrogen-bond donors (Lipinski definition) is 0. The number of ether oxygens (including phenoxy) is 4. The van der Waals surface area contributed by atoms with Gasteiger partial charge < -0.3 is 18.9 Å². The molecule has 8 heteroatoms. The fraction of sp³-hybridized carbons (Fsp3) is 0.308. The summed E-state index contributed by atoms with van der Waals surface area (Å²) in [5.41, 5.74) is 1.26. The molecular weight excluding hydrogens is 475 g/mol. The molecule has 6 nitrogen and oxygen atoms in total. The number of benzene rings is 3. The van der Waals surface area contributed by atoms with Crippen LogP contribution >= 0.6 is 23.2 Å². The van der Waals surface area contributed by atoms with Crippen LogP contribution < -0.4 is 29.7 Å². The van der Waals surface area contributed by atoms with Crippen LogP contribution in [-0.4, -0.2) is 13.2 Å². The Kier molecular flexibility index (Phi) is 6.53. The zero-order valence-corrected chi connectivity index (χ0v) is 20.5. The van der Waals surface area contributed by atoms with E-state index in [9.17, 15) is 0 Å². The van der Waals surface area contributed by atoms with E-state index in [1.54, 1.807) is 0 Å². The molecule has 2 aliphatic rings. The van der Waals surface area contributed by atoms with E-state index in [-0.39, 0.29) is 10.0 Å². The van der Waals surface area contributed by atoms with Crippen LogP contribution in [0.4, 0.5) is 11.4 Å². The van der Waals surface area contributed by atoms with Crippen LogP contribution in [-0.2, 0) is 0 Å². The summed E-state index contributed by atoms with van der Waals surface area (Å²) in [7, 11) is 0. The van der Waals surface area contributed by atoms with E-state index in [2.05, 4.69) is 13.8 Å². The molecule has 0 atom stereocenters. The second-order valence-corrected chi connectivity index (χ2v) is 8.83. The number of rotatable bonds is 8. The van der Waals surface area contributed by atoms with E-state index in [1.807, 2.05) is 36.4 Å². The first-order valence-electron chi connectivity index (χ1n) is 11.5. The number of fused-ring (bicyclic) bond motifs is 4. The molecule has 0 saturated heterocycles. The van der Waals surface area contributed by atoms with Gasteiger partial charge in [0.15, 0.2) is 23.0 Å². The molecule has 0 bridgehead atoms. The summed E-state index contributed by atoms with van der Waals surface area (Å²) < 4.78 is 23.9. The van der Waals surface area contributed by atoms with Crippen molar-refractivity contribution in [1.82, 2.24) is 0 Å². The lowest BCUT2D eigenvalue weighted by atomic mass is 10.2. The smallest absolute Gasteiger partial charge is 0.175 e. The van der Waals surface area contributed by atoms with Gasteiger partial charge in [0.2, 0.25) is 0 Å². The van der Waals surface area contributed by atoms with Crippen LogP contribution in [0.2, 0.25) is 10.0 Å². The average molecular weight is 499 g/mol. The highest BCUT2D eigenvalue weighted by molar-refractivity contribution is 6.35. The largest absolute Gasteiger partial charge is 0.493 e. The summed E-state index contributed by atoms with van der Waals surface area (Å²) in [4.78, 5) is 9.39. The van der Waals surface area contributed by atoms with E-state index in [0.717, 1.165) is 25.7 Å². The molecule has 3 aromatic carbocycles. The van der Waals surface area contributed by atoms with Crippen molar-refractivity contribution in [3.05, 3.63) is 57.2 Å². The van der Waals surface area contributed by atoms with Gasteiger partial charge in [-0.25, -0.2) is 9.98 Å². The molecule has 0 unspecified atom stereocenters. The minimum absolute atomic E-state index is 0.287. The Balaban J connectivity index is 1.52. The minimum atomic E-state index is 0.287. The molecule has 0 amide bonds. The van der Waals surface area contributed by atoms with Gasteiger partial charge in [-0.2, -0.15) is 0 Å². The normalized spacial score (nSPS) is 12.6. The van der Waals surface area contributed by atoms with E-state index in [4.69, 9.17) is 52.1 Å². The first-order chi connectivity index (χ1) is 16.6. The molecule has 5 rings (SSSR count). The molecule has 0 fully saturated rings. The van der Waals surface area contributed by atoms with E-state index in [1.165, 1.54) is 0 Å². The maximum Gasteiger partial charge on any atom is 0.175 e. The summed E-state index contributed by atoms with van der Waals surface area (Å²) in [6.45, 7) is 5.53. The minimum Gasteiger partial charge on any atom is -0.493 e. The van der Waals surface area contributed by atoms with Gasteiger partial charge in [-0.3, -0.25) is 0 Å². The average Bonchev–Trinajstić information content (AvgIpc) is 2.86. The lowest BCUT2D eigenvalue weighted by Crippen LogP contribution is -2.22. The van der Waals surface area contributed by atoms with Crippen molar-refractivity contribution < 1.29 is 18.9 Å². The highest BCUT2D eigenvalue weighted by Crippen LogP contribution is 2.44. The molecule has 3 aromatic rings.